The van der Waals surface area contributed by atoms with E-state index < -0.39 is 23.6 Å². The lowest BCUT2D eigenvalue weighted by Gasteiger charge is -2.38. The van der Waals surface area contributed by atoms with Crippen molar-refractivity contribution in [2.24, 2.45) is 0 Å². The topological polar surface area (TPSA) is 58.9 Å². The molecule has 2 rings (SSSR count). The Bertz CT molecular complexity index is 315. The number of aliphatic hydroxyl groups is 2. The average Bonchev–Trinajstić information content (AvgIpc) is 2.33. The highest BCUT2D eigenvalue weighted by atomic mass is 127. The van der Waals surface area contributed by atoms with Crippen LogP contribution in [-0.2, 0) is 9.47 Å². The Balaban J connectivity index is 2.39. The van der Waals surface area contributed by atoms with E-state index in [1.165, 1.54) is 0 Å². The van der Waals surface area contributed by atoms with E-state index in [2.05, 4.69) is 0 Å². The van der Waals surface area contributed by atoms with Crippen LogP contribution in [-0.4, -0.2) is 39.9 Å². The van der Waals surface area contributed by atoms with Gasteiger partial charge in [0.2, 0.25) is 0 Å². The molecule has 1 heterocycles. The van der Waals surface area contributed by atoms with Crippen molar-refractivity contribution >= 4 is 22.6 Å². The van der Waals surface area contributed by atoms with Crippen LogP contribution in [0.1, 0.15) is 20.8 Å². The van der Waals surface area contributed by atoms with Crippen LogP contribution in [0.3, 0.4) is 0 Å². The maximum Gasteiger partial charge on any atom is 0.164 e. The van der Waals surface area contributed by atoms with Crippen LogP contribution >= 0.6 is 22.6 Å². The van der Waals surface area contributed by atoms with Gasteiger partial charge in [0.25, 0.3) is 0 Å². The largest absolute Gasteiger partial charge is 0.387 e. The van der Waals surface area contributed by atoms with Crippen molar-refractivity contribution in [3.8, 4) is 0 Å². The van der Waals surface area contributed by atoms with Gasteiger partial charge in [0, 0.05) is 3.58 Å². The van der Waals surface area contributed by atoms with Gasteiger partial charge in [0.15, 0.2) is 5.79 Å². The molecule has 0 bridgehead atoms. The number of hydrogen-bond acceptors (Lipinski definition) is 4. The molecule has 4 nitrogen and oxygen atoms in total. The number of hydrogen-bond donors (Lipinski definition) is 2. The highest BCUT2D eigenvalue weighted by Crippen LogP contribution is 2.44. The summed E-state index contributed by atoms with van der Waals surface area (Å²) in [4.78, 5) is 0. The summed E-state index contributed by atoms with van der Waals surface area (Å²) in [5.41, 5.74) is -0.864. The summed E-state index contributed by atoms with van der Waals surface area (Å²) in [6, 6.07) is 0. The smallest absolute Gasteiger partial charge is 0.164 e. The Morgan fingerprint density at radius 1 is 1.33 bits per heavy atom. The molecule has 0 aromatic carbocycles. The van der Waals surface area contributed by atoms with Gasteiger partial charge in [-0.05, 0) is 49.4 Å². The number of fused-ring (bicyclic) bond motifs is 1. The molecule has 1 saturated heterocycles. The molecular weight excluding hydrogens is 311 g/mol. The molecule has 0 aromatic heterocycles. The lowest BCUT2D eigenvalue weighted by molar-refractivity contribution is -0.188. The van der Waals surface area contributed by atoms with Crippen molar-refractivity contribution in [1.82, 2.24) is 0 Å². The zero-order chi connectivity index (χ0) is 11.4. The van der Waals surface area contributed by atoms with E-state index in [0.29, 0.717) is 3.58 Å². The minimum absolute atomic E-state index is 0.308. The number of aliphatic hydroxyl groups excluding tert-OH is 2. The van der Waals surface area contributed by atoms with E-state index in [1.807, 2.05) is 28.7 Å². The van der Waals surface area contributed by atoms with E-state index >= 15 is 0 Å². The fraction of sp³-hybridized carbons (Fsp3) is 0.800. The second-order valence-corrected chi connectivity index (χ2v) is 5.91. The summed E-state index contributed by atoms with van der Waals surface area (Å²) in [6.45, 7) is 5.37. The molecule has 15 heavy (non-hydrogen) atoms. The Labute approximate surface area is 102 Å². The van der Waals surface area contributed by atoms with E-state index in [0.717, 1.165) is 0 Å². The first-order valence-corrected chi connectivity index (χ1v) is 5.95. The molecule has 86 valence electrons. The van der Waals surface area contributed by atoms with Gasteiger partial charge in [-0.3, -0.25) is 0 Å². The van der Waals surface area contributed by atoms with Gasteiger partial charge in [0.05, 0.1) is 0 Å². The molecule has 0 radical (unpaired) electrons. The molecule has 4 atom stereocenters. The number of ether oxygens (including phenoxy) is 2. The lowest BCUT2D eigenvalue weighted by Crippen LogP contribution is -2.55. The van der Waals surface area contributed by atoms with E-state index in [1.54, 1.807) is 20.8 Å². The van der Waals surface area contributed by atoms with Crippen molar-refractivity contribution in [2.45, 2.75) is 50.5 Å². The molecule has 0 unspecified atom stereocenters. The number of rotatable bonds is 0. The number of halogens is 1. The quantitative estimate of drug-likeness (QED) is 0.651. The molecular formula is C10H15IO4. The van der Waals surface area contributed by atoms with Gasteiger partial charge in [-0.25, -0.2) is 0 Å². The van der Waals surface area contributed by atoms with E-state index in [4.69, 9.17) is 9.47 Å². The van der Waals surface area contributed by atoms with Gasteiger partial charge in [0.1, 0.15) is 23.9 Å². The molecule has 0 saturated carbocycles. The monoisotopic (exact) mass is 326 g/mol. The van der Waals surface area contributed by atoms with Crippen molar-refractivity contribution in [1.29, 1.82) is 0 Å². The highest BCUT2D eigenvalue weighted by molar-refractivity contribution is 14.1. The summed E-state index contributed by atoms with van der Waals surface area (Å²) >= 11 is 2.01. The molecule has 0 amide bonds. The Kier molecular flexibility index (Phi) is 2.67. The summed E-state index contributed by atoms with van der Waals surface area (Å²) in [5, 5.41) is 19.8. The molecule has 1 fully saturated rings. The lowest BCUT2D eigenvalue weighted by atomic mass is 9.84. The van der Waals surface area contributed by atoms with Crippen LogP contribution in [0.5, 0.6) is 0 Å². The first kappa shape index (κ1) is 11.8. The van der Waals surface area contributed by atoms with Crippen molar-refractivity contribution in [3.05, 3.63) is 9.66 Å². The minimum Gasteiger partial charge on any atom is -0.387 e. The molecule has 2 aliphatic rings. The predicted octanol–water partition coefficient (Wildman–Crippen LogP) is 0.951. The van der Waals surface area contributed by atoms with Crippen molar-refractivity contribution in [3.63, 3.8) is 0 Å². The molecule has 0 spiro atoms. The fourth-order valence-corrected chi connectivity index (χ4v) is 2.84. The summed E-state index contributed by atoms with van der Waals surface area (Å²) in [5.74, 6) is -0.724. The summed E-state index contributed by atoms with van der Waals surface area (Å²) < 4.78 is 12.1. The molecule has 1 aliphatic carbocycles. The normalized spacial score (nSPS) is 48.7. The Hall–Kier alpha value is 0.310. The third kappa shape index (κ3) is 1.74. The zero-order valence-corrected chi connectivity index (χ0v) is 11.1. The van der Waals surface area contributed by atoms with E-state index in [-0.39, 0.29) is 6.10 Å². The van der Waals surface area contributed by atoms with Crippen LogP contribution in [0.15, 0.2) is 9.66 Å². The third-order valence-electron chi connectivity index (χ3n) is 2.92. The van der Waals surface area contributed by atoms with Crippen molar-refractivity contribution in [2.75, 3.05) is 0 Å². The second kappa shape index (κ2) is 3.40. The Morgan fingerprint density at radius 3 is 2.53 bits per heavy atom. The minimum atomic E-state index is -0.957. The molecule has 1 aliphatic heterocycles. The summed E-state index contributed by atoms with van der Waals surface area (Å²) in [6.07, 6.45) is -0.338. The first-order chi connectivity index (χ1) is 6.76. The third-order valence-corrected chi connectivity index (χ3v) is 3.92. The maximum atomic E-state index is 10.0. The van der Waals surface area contributed by atoms with Crippen molar-refractivity contribution < 1.29 is 19.7 Å². The summed E-state index contributed by atoms with van der Waals surface area (Å²) in [7, 11) is 0. The van der Waals surface area contributed by atoms with Crippen LogP contribution in [0.25, 0.3) is 0 Å². The van der Waals surface area contributed by atoms with Crippen LogP contribution < -0.4 is 0 Å². The standard InChI is InChI=1S/C10H15IO4/c1-9(2)14-6-4-5(11)7(12)8(13)10(6,3)15-9/h4,6-8,12-13H,1-3H3/t6-,7+,8-,10-/m1/s1. The van der Waals surface area contributed by atoms with E-state index in [9.17, 15) is 10.2 Å². The highest BCUT2D eigenvalue weighted by Gasteiger charge is 2.57. The van der Waals surface area contributed by atoms with Gasteiger partial charge in [-0.1, -0.05) is 0 Å². The zero-order valence-electron chi connectivity index (χ0n) is 8.90. The molecule has 2 N–H and O–H groups in total. The predicted molar refractivity (Wildman–Crippen MR) is 62.6 cm³/mol. The van der Waals surface area contributed by atoms with Crippen LogP contribution in [0.2, 0.25) is 0 Å². The van der Waals surface area contributed by atoms with Gasteiger partial charge in [-0.2, -0.15) is 0 Å². The van der Waals surface area contributed by atoms with Gasteiger partial charge >= 0.3 is 0 Å². The van der Waals surface area contributed by atoms with Crippen LogP contribution in [0.4, 0.5) is 0 Å². The SMILES string of the molecule is CC1(C)O[C@@H]2C=C(I)[C@H](O)[C@@H](O)[C@]2(C)O1. The maximum absolute atomic E-state index is 10.0. The van der Waals surface area contributed by atoms with Gasteiger partial charge in [-0.15, -0.1) is 0 Å². The Morgan fingerprint density at radius 2 is 1.93 bits per heavy atom. The first-order valence-electron chi connectivity index (χ1n) is 4.87. The fourth-order valence-electron chi connectivity index (χ4n) is 2.17. The second-order valence-electron chi connectivity index (χ2n) is 4.67. The van der Waals surface area contributed by atoms with Gasteiger partial charge < -0.3 is 19.7 Å². The molecule has 0 aromatic rings. The molecule has 5 heteroatoms. The average molecular weight is 326 g/mol. The van der Waals surface area contributed by atoms with Crippen LogP contribution in [0, 0.1) is 0 Å².